The van der Waals surface area contributed by atoms with Gasteiger partial charge in [-0.25, -0.2) is 22.1 Å². The van der Waals surface area contributed by atoms with E-state index in [1.165, 1.54) is 23.0 Å². The molecule has 0 amide bonds. The first-order valence-electron chi connectivity index (χ1n) is 15.0. The van der Waals surface area contributed by atoms with E-state index in [0.29, 0.717) is 22.5 Å². The van der Waals surface area contributed by atoms with Gasteiger partial charge in [0.2, 0.25) is 5.78 Å². The van der Waals surface area contributed by atoms with Crippen molar-refractivity contribution in [3.63, 3.8) is 0 Å². The van der Waals surface area contributed by atoms with Crippen LogP contribution >= 0.6 is 0 Å². The van der Waals surface area contributed by atoms with E-state index in [4.69, 9.17) is 10.7 Å². The van der Waals surface area contributed by atoms with E-state index in [9.17, 15) is 13.2 Å². The summed E-state index contributed by atoms with van der Waals surface area (Å²) in [6.07, 6.45) is 6.68. The summed E-state index contributed by atoms with van der Waals surface area (Å²) >= 11 is 0. The maximum Gasteiger partial charge on any atom is 0.268 e. The lowest BCUT2D eigenvalue weighted by molar-refractivity contribution is 0.103. The van der Waals surface area contributed by atoms with Crippen molar-refractivity contribution < 1.29 is 13.2 Å². The maximum atomic E-state index is 14.2. The lowest BCUT2D eigenvalue weighted by atomic mass is 9.99. The maximum absolute atomic E-state index is 14.2. The molecular weight excluding hydrogens is 586 g/mol. The lowest BCUT2D eigenvalue weighted by Gasteiger charge is -2.22. The van der Waals surface area contributed by atoms with Gasteiger partial charge in [-0.3, -0.25) is 4.79 Å². The molecule has 0 unspecified atom stereocenters. The van der Waals surface area contributed by atoms with E-state index in [1.54, 1.807) is 24.3 Å². The summed E-state index contributed by atoms with van der Waals surface area (Å²) < 4.78 is 31.1. The van der Waals surface area contributed by atoms with Gasteiger partial charge in [-0.2, -0.15) is 5.10 Å². The Bertz CT molecular complexity index is 2270. The minimum atomic E-state index is -4.16. The molecule has 0 atom stereocenters. The number of nitrogens with zero attached hydrogens (tertiary/aromatic N) is 5. The zero-order chi connectivity index (χ0) is 30.9. The molecule has 1 saturated carbocycles. The second-order valence-electron chi connectivity index (χ2n) is 11.9. The molecule has 226 valence electrons. The fourth-order valence-corrected chi connectivity index (χ4v) is 7.62. The number of H-pyrrole nitrogens is 1. The minimum absolute atomic E-state index is 0.00793. The summed E-state index contributed by atoms with van der Waals surface area (Å²) in [6, 6.07) is 21.2. The van der Waals surface area contributed by atoms with Crippen LogP contribution in [0.25, 0.3) is 33.2 Å². The second kappa shape index (κ2) is 10.3. The number of anilines is 1. The van der Waals surface area contributed by atoms with E-state index >= 15 is 0 Å². The molecule has 1 aliphatic heterocycles. The predicted octanol–water partition coefficient (Wildman–Crippen LogP) is 5.35. The van der Waals surface area contributed by atoms with Crippen molar-refractivity contribution in [2.75, 3.05) is 25.9 Å². The Hall–Kier alpha value is -5.00. The molecule has 0 saturated heterocycles. The third kappa shape index (κ3) is 4.66. The standard InChI is InChI=1S/C34H31N7O3S/c1-39-15-13-21(14-16-39)23-9-10-24-18-31(41(30(24)17-23)45(43,44)26-5-3-2-4-6-26)32(42)27-20-36-40(33(27)35)25-11-12-28-29(19-25)38-34(37-28)22-7-8-22/h2-6,9-13,17-20,22H,7-8,14-16,35H2,1H3,(H,37,38). The number of hydrogen-bond acceptors (Lipinski definition) is 7. The number of carbonyl (C=O) groups excluding carboxylic acids is 1. The van der Waals surface area contributed by atoms with Crippen LogP contribution in [0, 0.1) is 0 Å². The van der Waals surface area contributed by atoms with Gasteiger partial charge in [-0.05, 0) is 79.9 Å². The highest BCUT2D eigenvalue weighted by molar-refractivity contribution is 7.90. The Morgan fingerprint density at radius 3 is 2.60 bits per heavy atom. The molecule has 1 aliphatic carbocycles. The van der Waals surface area contributed by atoms with Crippen molar-refractivity contribution in [2.45, 2.75) is 30.1 Å². The average Bonchev–Trinajstić information content (AvgIpc) is 3.52. The molecule has 0 bridgehead atoms. The van der Waals surface area contributed by atoms with E-state index in [1.807, 2.05) is 36.4 Å². The molecule has 3 aromatic carbocycles. The summed E-state index contributed by atoms with van der Waals surface area (Å²) in [5, 5.41) is 5.08. The number of nitrogen functional groups attached to an aromatic ring is 1. The van der Waals surface area contributed by atoms with E-state index < -0.39 is 15.8 Å². The number of likely N-dealkylation sites (N-methyl/N-ethyl adjacent to an activating group) is 1. The smallest absolute Gasteiger partial charge is 0.268 e. The fourth-order valence-electron chi connectivity index (χ4n) is 6.10. The number of rotatable bonds is 7. The van der Waals surface area contributed by atoms with Gasteiger partial charge in [0.25, 0.3) is 10.0 Å². The van der Waals surface area contributed by atoms with Gasteiger partial charge in [0.15, 0.2) is 0 Å². The third-order valence-corrected chi connectivity index (χ3v) is 10.5. The van der Waals surface area contributed by atoms with Crippen LogP contribution in [0.4, 0.5) is 5.82 Å². The monoisotopic (exact) mass is 617 g/mol. The Morgan fingerprint density at radius 1 is 1.02 bits per heavy atom. The normalized spacial score (nSPS) is 16.0. The SMILES string of the molecule is CN1CC=C(c2ccc3cc(C(=O)c4cnn(-c5ccc6[nH]c(C7CC7)nc6c5)c4N)n(S(=O)(=O)c4ccccc4)c3c2)CC1. The third-order valence-electron chi connectivity index (χ3n) is 8.80. The van der Waals surface area contributed by atoms with Gasteiger partial charge in [0.1, 0.15) is 17.3 Å². The number of carbonyl (C=O) groups is 1. The van der Waals surface area contributed by atoms with Crippen LogP contribution in [-0.4, -0.2) is 63.0 Å². The minimum Gasteiger partial charge on any atom is -0.383 e. The number of benzene rings is 3. The molecule has 10 nitrogen and oxygen atoms in total. The van der Waals surface area contributed by atoms with Crippen LogP contribution in [0.1, 0.15) is 52.6 Å². The molecule has 8 rings (SSSR count). The molecule has 2 aliphatic rings. The van der Waals surface area contributed by atoms with Crippen LogP contribution in [0.15, 0.2) is 90.0 Å². The number of imidazole rings is 1. The molecule has 6 aromatic rings. The summed E-state index contributed by atoms with van der Waals surface area (Å²) in [4.78, 5) is 24.7. The number of aromatic amines is 1. The first-order chi connectivity index (χ1) is 21.8. The van der Waals surface area contributed by atoms with Crippen LogP contribution < -0.4 is 5.73 Å². The highest BCUT2D eigenvalue weighted by atomic mass is 32.2. The number of hydrogen-bond donors (Lipinski definition) is 2. The molecule has 3 N–H and O–H groups in total. The Balaban J connectivity index is 1.24. The molecule has 11 heteroatoms. The molecule has 1 fully saturated rings. The summed E-state index contributed by atoms with van der Waals surface area (Å²) in [5.74, 6) is 1.04. The molecule has 0 radical (unpaired) electrons. The quantitative estimate of drug-likeness (QED) is 0.231. The number of ketones is 1. The molecule has 45 heavy (non-hydrogen) atoms. The largest absolute Gasteiger partial charge is 0.383 e. The van der Waals surface area contributed by atoms with Crippen molar-refractivity contribution in [3.8, 4) is 5.69 Å². The van der Waals surface area contributed by atoms with E-state index in [-0.39, 0.29) is 22.0 Å². The van der Waals surface area contributed by atoms with Crippen molar-refractivity contribution >= 4 is 49.1 Å². The zero-order valence-electron chi connectivity index (χ0n) is 24.6. The summed E-state index contributed by atoms with van der Waals surface area (Å²) in [5.41, 5.74) is 11.6. The molecule has 0 spiro atoms. The first-order valence-corrected chi connectivity index (χ1v) is 16.4. The molecule has 3 aromatic heterocycles. The van der Waals surface area contributed by atoms with Gasteiger partial charge < -0.3 is 15.6 Å². The lowest BCUT2D eigenvalue weighted by Crippen LogP contribution is -2.23. The van der Waals surface area contributed by atoms with Crippen LogP contribution in [0.2, 0.25) is 0 Å². The molecule has 4 heterocycles. The van der Waals surface area contributed by atoms with Crippen LogP contribution in [0.5, 0.6) is 0 Å². The van der Waals surface area contributed by atoms with E-state index in [2.05, 4.69) is 28.1 Å². The van der Waals surface area contributed by atoms with Crippen molar-refractivity contribution in [1.29, 1.82) is 0 Å². The van der Waals surface area contributed by atoms with Crippen LogP contribution in [-0.2, 0) is 10.0 Å². The average molecular weight is 618 g/mol. The summed E-state index contributed by atoms with van der Waals surface area (Å²) in [6.45, 7) is 1.73. The first kappa shape index (κ1) is 27.5. The van der Waals surface area contributed by atoms with Gasteiger partial charge in [-0.15, -0.1) is 0 Å². The fraction of sp³-hybridized carbons (Fsp3) is 0.206. The highest BCUT2D eigenvalue weighted by Crippen LogP contribution is 2.39. The number of aromatic nitrogens is 5. The Labute approximate surface area is 259 Å². The highest BCUT2D eigenvalue weighted by Gasteiger charge is 2.30. The number of fused-ring (bicyclic) bond motifs is 2. The van der Waals surface area contributed by atoms with Crippen molar-refractivity contribution in [1.82, 2.24) is 28.6 Å². The van der Waals surface area contributed by atoms with Crippen molar-refractivity contribution in [2.24, 2.45) is 0 Å². The second-order valence-corrected chi connectivity index (χ2v) is 13.7. The van der Waals surface area contributed by atoms with Gasteiger partial charge in [0, 0.05) is 24.4 Å². The van der Waals surface area contributed by atoms with Gasteiger partial charge in [-0.1, -0.05) is 36.4 Å². The number of nitrogens with two attached hydrogens (primary N) is 1. The molecular formula is C34H31N7O3S. The zero-order valence-corrected chi connectivity index (χ0v) is 25.5. The van der Waals surface area contributed by atoms with Gasteiger partial charge >= 0.3 is 0 Å². The summed E-state index contributed by atoms with van der Waals surface area (Å²) in [7, 11) is -2.09. The van der Waals surface area contributed by atoms with E-state index in [0.717, 1.165) is 64.3 Å². The number of nitrogens with one attached hydrogen (secondary N) is 1. The predicted molar refractivity (Wildman–Crippen MR) is 174 cm³/mol. The Morgan fingerprint density at radius 2 is 1.84 bits per heavy atom. The van der Waals surface area contributed by atoms with Crippen molar-refractivity contribution in [3.05, 3.63) is 108 Å². The van der Waals surface area contributed by atoms with Gasteiger partial charge in [0.05, 0.1) is 38.9 Å². The van der Waals surface area contributed by atoms with Crippen LogP contribution in [0.3, 0.4) is 0 Å². The Kier molecular flexibility index (Phi) is 6.29. The topological polar surface area (TPSA) is 132 Å².